The van der Waals surface area contributed by atoms with Gasteiger partial charge < -0.3 is 5.32 Å². The Balaban J connectivity index is 1.58. The molecule has 4 rings (SSSR count). The summed E-state index contributed by atoms with van der Waals surface area (Å²) in [5, 5.41) is 14.3. The van der Waals surface area contributed by atoms with Gasteiger partial charge in [-0.25, -0.2) is 4.98 Å². The van der Waals surface area contributed by atoms with Gasteiger partial charge in [0.25, 0.3) is 0 Å². The van der Waals surface area contributed by atoms with E-state index in [2.05, 4.69) is 16.4 Å². The van der Waals surface area contributed by atoms with E-state index in [-0.39, 0.29) is 5.91 Å². The van der Waals surface area contributed by atoms with Crippen LogP contribution < -0.4 is 5.32 Å². The van der Waals surface area contributed by atoms with E-state index in [0.29, 0.717) is 10.7 Å². The Kier molecular flexibility index (Phi) is 5.46. The molecule has 0 bridgehead atoms. The standard InChI is InChI=1S/C24H17N3OS/c25-15-17-11-13-18(14-12-17)21-16-29-24(26-21)27-23(28)22(19-7-3-1-4-8-19)20-9-5-2-6-10-20/h1-14,16,22H,(H,26,27,28). The number of carbonyl (C=O) groups excluding carboxylic acids is 1. The summed E-state index contributed by atoms with van der Waals surface area (Å²) >= 11 is 1.38. The average molecular weight is 395 g/mol. The Morgan fingerprint density at radius 1 is 0.897 bits per heavy atom. The fourth-order valence-electron chi connectivity index (χ4n) is 3.14. The minimum Gasteiger partial charge on any atom is -0.301 e. The summed E-state index contributed by atoms with van der Waals surface area (Å²) in [4.78, 5) is 17.7. The molecule has 140 valence electrons. The Morgan fingerprint density at radius 3 is 2.03 bits per heavy atom. The van der Waals surface area contributed by atoms with Crippen molar-refractivity contribution in [3.05, 3.63) is 107 Å². The number of benzene rings is 3. The van der Waals surface area contributed by atoms with E-state index in [1.807, 2.05) is 78.2 Å². The number of carbonyl (C=O) groups is 1. The molecule has 0 atom stereocenters. The van der Waals surface area contributed by atoms with E-state index in [4.69, 9.17) is 5.26 Å². The van der Waals surface area contributed by atoms with Crippen LogP contribution in [0, 0.1) is 11.3 Å². The zero-order valence-electron chi connectivity index (χ0n) is 15.4. The van der Waals surface area contributed by atoms with Gasteiger partial charge in [0, 0.05) is 10.9 Å². The van der Waals surface area contributed by atoms with Gasteiger partial charge >= 0.3 is 0 Å². The fourth-order valence-corrected chi connectivity index (χ4v) is 3.87. The summed E-state index contributed by atoms with van der Waals surface area (Å²) in [6.45, 7) is 0. The molecule has 1 amide bonds. The van der Waals surface area contributed by atoms with Crippen molar-refractivity contribution in [3.8, 4) is 17.3 Å². The number of nitrogens with one attached hydrogen (secondary N) is 1. The number of hydrogen-bond acceptors (Lipinski definition) is 4. The first-order chi connectivity index (χ1) is 14.2. The molecular formula is C24H17N3OS. The molecule has 5 heteroatoms. The maximum Gasteiger partial charge on any atom is 0.238 e. The molecule has 0 unspecified atom stereocenters. The van der Waals surface area contributed by atoms with Gasteiger partial charge in [0.2, 0.25) is 5.91 Å². The Bertz CT molecular complexity index is 1110. The molecule has 3 aromatic carbocycles. The van der Waals surface area contributed by atoms with Crippen LogP contribution in [0.4, 0.5) is 5.13 Å². The molecule has 0 aliphatic carbocycles. The minimum absolute atomic E-state index is 0.122. The zero-order valence-corrected chi connectivity index (χ0v) is 16.3. The van der Waals surface area contributed by atoms with Crippen LogP contribution in [0.1, 0.15) is 22.6 Å². The van der Waals surface area contributed by atoms with Crippen LogP contribution in [-0.2, 0) is 4.79 Å². The first-order valence-electron chi connectivity index (χ1n) is 9.11. The van der Waals surface area contributed by atoms with E-state index in [1.165, 1.54) is 11.3 Å². The quantitative estimate of drug-likeness (QED) is 0.488. The van der Waals surface area contributed by atoms with Gasteiger partial charge in [-0.1, -0.05) is 72.8 Å². The Hall–Kier alpha value is -3.75. The van der Waals surface area contributed by atoms with Crippen molar-refractivity contribution in [2.75, 3.05) is 5.32 Å². The lowest BCUT2D eigenvalue weighted by Crippen LogP contribution is -2.22. The van der Waals surface area contributed by atoms with Crippen LogP contribution in [0.25, 0.3) is 11.3 Å². The Morgan fingerprint density at radius 2 is 1.48 bits per heavy atom. The highest BCUT2D eigenvalue weighted by atomic mass is 32.1. The number of aromatic nitrogens is 1. The van der Waals surface area contributed by atoms with Gasteiger partial charge in [0.05, 0.1) is 23.2 Å². The van der Waals surface area contributed by atoms with E-state index in [9.17, 15) is 4.79 Å². The summed E-state index contributed by atoms with van der Waals surface area (Å²) < 4.78 is 0. The maximum atomic E-state index is 13.2. The lowest BCUT2D eigenvalue weighted by molar-refractivity contribution is -0.116. The number of rotatable bonds is 5. The molecule has 0 fully saturated rings. The molecule has 0 saturated heterocycles. The summed E-state index contributed by atoms with van der Waals surface area (Å²) in [5.41, 5.74) is 4.14. The van der Waals surface area contributed by atoms with Crippen LogP contribution in [0.5, 0.6) is 0 Å². The second kappa shape index (κ2) is 8.51. The smallest absolute Gasteiger partial charge is 0.238 e. The summed E-state index contributed by atoms with van der Waals surface area (Å²) in [5.74, 6) is -0.539. The summed E-state index contributed by atoms with van der Waals surface area (Å²) in [6, 6.07) is 28.8. The lowest BCUT2D eigenvalue weighted by Gasteiger charge is -2.17. The van der Waals surface area contributed by atoms with Gasteiger partial charge in [0.1, 0.15) is 0 Å². The van der Waals surface area contributed by atoms with Gasteiger partial charge in [-0.05, 0) is 23.3 Å². The molecule has 0 radical (unpaired) electrons. The number of hydrogen-bond donors (Lipinski definition) is 1. The second-order valence-electron chi connectivity index (χ2n) is 6.47. The monoisotopic (exact) mass is 395 g/mol. The van der Waals surface area contributed by atoms with Gasteiger partial charge in [-0.2, -0.15) is 5.26 Å². The number of amides is 1. The number of thiazole rings is 1. The van der Waals surface area contributed by atoms with Crippen molar-refractivity contribution >= 4 is 22.4 Å². The SMILES string of the molecule is N#Cc1ccc(-c2csc(NC(=O)C(c3ccccc3)c3ccccc3)n2)cc1. The lowest BCUT2D eigenvalue weighted by atomic mass is 9.90. The van der Waals surface area contributed by atoms with Crippen molar-refractivity contribution in [1.29, 1.82) is 5.26 Å². The van der Waals surface area contributed by atoms with E-state index < -0.39 is 5.92 Å². The van der Waals surface area contributed by atoms with Crippen molar-refractivity contribution in [2.45, 2.75) is 5.92 Å². The van der Waals surface area contributed by atoms with Gasteiger partial charge in [0.15, 0.2) is 5.13 Å². The highest BCUT2D eigenvalue weighted by Crippen LogP contribution is 2.29. The number of nitrogens with zero attached hydrogens (tertiary/aromatic N) is 2. The molecule has 0 saturated carbocycles. The molecular weight excluding hydrogens is 378 g/mol. The third-order valence-corrected chi connectivity index (χ3v) is 5.33. The highest BCUT2D eigenvalue weighted by Gasteiger charge is 2.23. The first kappa shape index (κ1) is 18.6. The van der Waals surface area contributed by atoms with Crippen molar-refractivity contribution in [1.82, 2.24) is 4.98 Å². The predicted octanol–water partition coefficient (Wildman–Crippen LogP) is 5.45. The molecule has 0 spiro atoms. The highest BCUT2D eigenvalue weighted by molar-refractivity contribution is 7.14. The van der Waals surface area contributed by atoms with Gasteiger partial charge in [-0.15, -0.1) is 11.3 Å². The van der Waals surface area contributed by atoms with E-state index >= 15 is 0 Å². The fraction of sp³-hybridized carbons (Fsp3) is 0.0417. The second-order valence-corrected chi connectivity index (χ2v) is 7.33. The van der Waals surface area contributed by atoms with Crippen molar-refractivity contribution in [3.63, 3.8) is 0 Å². The van der Waals surface area contributed by atoms with E-state index in [0.717, 1.165) is 22.4 Å². The predicted molar refractivity (Wildman–Crippen MR) is 116 cm³/mol. The van der Waals surface area contributed by atoms with Crippen LogP contribution in [0.3, 0.4) is 0 Å². The molecule has 1 N–H and O–H groups in total. The molecule has 1 aromatic heterocycles. The summed E-state index contributed by atoms with van der Waals surface area (Å²) in [6.07, 6.45) is 0. The topological polar surface area (TPSA) is 65.8 Å². The molecule has 29 heavy (non-hydrogen) atoms. The largest absolute Gasteiger partial charge is 0.301 e. The molecule has 4 nitrogen and oxygen atoms in total. The van der Waals surface area contributed by atoms with Gasteiger partial charge in [-0.3, -0.25) is 4.79 Å². The number of nitriles is 1. The molecule has 4 aromatic rings. The third kappa shape index (κ3) is 4.23. The summed E-state index contributed by atoms with van der Waals surface area (Å²) in [7, 11) is 0. The third-order valence-electron chi connectivity index (χ3n) is 4.57. The Labute approximate surface area is 173 Å². The van der Waals surface area contributed by atoms with Crippen molar-refractivity contribution < 1.29 is 4.79 Å². The van der Waals surface area contributed by atoms with Crippen molar-refractivity contribution in [2.24, 2.45) is 0 Å². The molecule has 0 aliphatic rings. The first-order valence-corrected chi connectivity index (χ1v) is 9.99. The number of anilines is 1. The zero-order chi connectivity index (χ0) is 20.1. The van der Waals surface area contributed by atoms with Crippen LogP contribution in [0.2, 0.25) is 0 Å². The molecule has 0 aliphatic heterocycles. The van der Waals surface area contributed by atoms with E-state index in [1.54, 1.807) is 12.1 Å². The normalized spacial score (nSPS) is 10.5. The average Bonchev–Trinajstić information content (AvgIpc) is 3.24. The van der Waals surface area contributed by atoms with Crippen LogP contribution >= 0.6 is 11.3 Å². The maximum absolute atomic E-state index is 13.2. The van der Waals surface area contributed by atoms with Crippen LogP contribution in [0.15, 0.2) is 90.3 Å². The minimum atomic E-state index is -0.417. The van der Waals surface area contributed by atoms with Crippen LogP contribution in [-0.4, -0.2) is 10.9 Å². The molecule has 1 heterocycles.